The molecule has 1 aromatic carbocycles. The zero-order chi connectivity index (χ0) is 13.1. The third-order valence-electron chi connectivity index (χ3n) is 2.24. The van der Waals surface area contributed by atoms with Crippen molar-refractivity contribution < 1.29 is 4.92 Å². The number of rotatable bonds is 3. The Labute approximate surface area is 107 Å². The highest BCUT2D eigenvalue weighted by molar-refractivity contribution is 7.71. The third-order valence-corrected chi connectivity index (χ3v) is 2.50. The van der Waals surface area contributed by atoms with Gasteiger partial charge in [0.1, 0.15) is 5.82 Å². The van der Waals surface area contributed by atoms with E-state index in [4.69, 9.17) is 12.2 Å². The second-order valence-electron chi connectivity index (χ2n) is 3.48. The summed E-state index contributed by atoms with van der Waals surface area (Å²) in [5.41, 5.74) is 0.784. The van der Waals surface area contributed by atoms with E-state index >= 15 is 0 Å². The second-order valence-corrected chi connectivity index (χ2v) is 3.87. The van der Waals surface area contributed by atoms with Crippen molar-refractivity contribution in [2.45, 2.75) is 6.92 Å². The summed E-state index contributed by atoms with van der Waals surface area (Å²) < 4.78 is 1.86. The fraction of sp³-hybridized carbons (Fsp3) is 0.100. The molecule has 0 aliphatic heterocycles. The molecule has 0 unspecified atom stereocenters. The van der Waals surface area contributed by atoms with Crippen molar-refractivity contribution in [3.05, 3.63) is 50.5 Å². The van der Waals surface area contributed by atoms with Crippen LogP contribution in [0, 0.1) is 21.8 Å². The fourth-order valence-corrected chi connectivity index (χ4v) is 1.54. The maximum absolute atomic E-state index is 10.5. The van der Waals surface area contributed by atoms with Gasteiger partial charge in [-0.2, -0.15) is 14.9 Å². The molecule has 0 radical (unpaired) electrons. The number of H-pyrrole nitrogens is 1. The summed E-state index contributed by atoms with van der Waals surface area (Å²) in [6, 6.07) is 6.06. The number of nitrogens with zero attached hydrogens (tertiary/aromatic N) is 4. The zero-order valence-electron chi connectivity index (χ0n) is 9.40. The van der Waals surface area contributed by atoms with Crippen molar-refractivity contribution in [3.63, 3.8) is 0 Å². The lowest BCUT2D eigenvalue weighted by Gasteiger charge is -1.95. The van der Waals surface area contributed by atoms with Crippen LogP contribution >= 0.6 is 12.2 Å². The lowest BCUT2D eigenvalue weighted by molar-refractivity contribution is -0.384. The molecule has 0 aliphatic carbocycles. The molecule has 7 nitrogen and oxygen atoms in total. The molecule has 0 aliphatic rings. The normalized spacial score (nSPS) is 10.9. The third kappa shape index (κ3) is 2.48. The number of nitro benzene ring substituents is 1. The van der Waals surface area contributed by atoms with Crippen molar-refractivity contribution in [1.29, 1.82) is 0 Å². The quantitative estimate of drug-likeness (QED) is 0.397. The molecule has 92 valence electrons. The maximum Gasteiger partial charge on any atom is 0.269 e. The van der Waals surface area contributed by atoms with E-state index in [1.807, 2.05) is 0 Å². The monoisotopic (exact) mass is 263 g/mol. The number of nitrogens with one attached hydrogen (secondary N) is 1. The molecule has 2 aromatic rings. The average Bonchev–Trinajstić information content (AvgIpc) is 2.67. The van der Waals surface area contributed by atoms with Gasteiger partial charge in [-0.25, -0.2) is 0 Å². The molecule has 0 fully saturated rings. The van der Waals surface area contributed by atoms with Gasteiger partial charge in [-0.1, -0.05) is 0 Å². The largest absolute Gasteiger partial charge is 0.269 e. The number of aromatic amines is 1. The van der Waals surface area contributed by atoms with Crippen LogP contribution in [0.25, 0.3) is 0 Å². The lowest BCUT2D eigenvalue weighted by atomic mass is 10.2. The van der Waals surface area contributed by atoms with Gasteiger partial charge < -0.3 is 0 Å². The van der Waals surface area contributed by atoms with Crippen LogP contribution in [-0.2, 0) is 0 Å². The summed E-state index contributed by atoms with van der Waals surface area (Å²) in [5, 5.41) is 21.1. The number of nitro groups is 1. The summed E-state index contributed by atoms with van der Waals surface area (Å²) >= 11 is 4.99. The highest BCUT2D eigenvalue weighted by Gasteiger charge is 2.03. The van der Waals surface area contributed by atoms with Crippen LogP contribution in [0.5, 0.6) is 0 Å². The highest BCUT2D eigenvalue weighted by atomic mass is 32.1. The number of hydrogen-bond acceptors (Lipinski definition) is 5. The van der Waals surface area contributed by atoms with Crippen molar-refractivity contribution in [1.82, 2.24) is 14.9 Å². The van der Waals surface area contributed by atoms with Gasteiger partial charge in [-0.15, -0.1) is 0 Å². The molecule has 1 aromatic heterocycles. The maximum atomic E-state index is 10.5. The van der Waals surface area contributed by atoms with Gasteiger partial charge in [-0.3, -0.25) is 15.2 Å². The highest BCUT2D eigenvalue weighted by Crippen LogP contribution is 2.10. The number of non-ortho nitro benzene ring substituents is 1. The first-order chi connectivity index (χ1) is 8.58. The van der Waals surface area contributed by atoms with Crippen molar-refractivity contribution in [3.8, 4) is 0 Å². The topological polar surface area (TPSA) is 89.1 Å². The summed E-state index contributed by atoms with van der Waals surface area (Å²) in [7, 11) is 0. The summed E-state index contributed by atoms with van der Waals surface area (Å²) in [6.45, 7) is 1.76. The van der Waals surface area contributed by atoms with Crippen LogP contribution in [0.2, 0.25) is 0 Å². The Hall–Kier alpha value is -2.35. The van der Waals surface area contributed by atoms with Crippen molar-refractivity contribution in [2.24, 2.45) is 5.10 Å². The standard InChI is InChI=1S/C10H9N5O2S/c1-7-12-13-10(18)14(7)11-6-8-2-4-9(5-3-8)15(16)17/h2-6H,1H3,(H,13,18)/b11-6-. The van der Waals surface area contributed by atoms with Gasteiger partial charge in [-0.05, 0) is 36.8 Å². The minimum atomic E-state index is -0.447. The van der Waals surface area contributed by atoms with E-state index in [2.05, 4.69) is 15.3 Å². The molecular formula is C10H9N5O2S. The first-order valence-electron chi connectivity index (χ1n) is 5.01. The van der Waals surface area contributed by atoms with Gasteiger partial charge in [0.05, 0.1) is 11.1 Å². The smallest absolute Gasteiger partial charge is 0.258 e. The van der Waals surface area contributed by atoms with Crippen LogP contribution < -0.4 is 0 Å². The van der Waals surface area contributed by atoms with Gasteiger partial charge in [0.2, 0.25) is 4.77 Å². The molecule has 0 amide bonds. The number of benzene rings is 1. The Bertz CT molecular complexity index is 656. The molecule has 0 atom stereocenters. The summed E-state index contributed by atoms with van der Waals surface area (Å²) in [5.74, 6) is 0.637. The SMILES string of the molecule is Cc1n[nH]c(=S)n1/N=C\c1ccc([N+](=O)[O-])cc1. The first-order valence-corrected chi connectivity index (χ1v) is 5.41. The predicted octanol–water partition coefficient (Wildman–Crippen LogP) is 2.04. The van der Waals surface area contributed by atoms with Crippen LogP contribution in [0.15, 0.2) is 29.4 Å². The molecular weight excluding hydrogens is 254 g/mol. The zero-order valence-corrected chi connectivity index (χ0v) is 10.2. The Morgan fingerprint density at radius 1 is 1.50 bits per heavy atom. The van der Waals surface area contributed by atoms with E-state index in [9.17, 15) is 10.1 Å². The van der Waals surface area contributed by atoms with E-state index < -0.39 is 4.92 Å². The molecule has 0 saturated carbocycles. The van der Waals surface area contributed by atoms with Gasteiger partial charge in [0, 0.05) is 12.1 Å². The molecule has 2 rings (SSSR count). The van der Waals surface area contributed by atoms with E-state index in [-0.39, 0.29) is 5.69 Å². The molecule has 0 spiro atoms. The predicted molar refractivity (Wildman–Crippen MR) is 68.2 cm³/mol. The Morgan fingerprint density at radius 2 is 2.17 bits per heavy atom. The van der Waals surface area contributed by atoms with Crippen LogP contribution in [0.1, 0.15) is 11.4 Å². The van der Waals surface area contributed by atoms with E-state index in [1.165, 1.54) is 16.8 Å². The second kappa shape index (κ2) is 4.88. The Kier molecular flexibility index (Phi) is 3.28. The van der Waals surface area contributed by atoms with Crippen LogP contribution in [0.3, 0.4) is 0 Å². The molecule has 0 saturated heterocycles. The van der Waals surface area contributed by atoms with Crippen molar-refractivity contribution in [2.75, 3.05) is 0 Å². The van der Waals surface area contributed by atoms with Gasteiger partial charge in [0.25, 0.3) is 5.69 Å². The fourth-order valence-electron chi connectivity index (χ4n) is 1.31. The lowest BCUT2D eigenvalue weighted by Crippen LogP contribution is -1.94. The van der Waals surface area contributed by atoms with Crippen LogP contribution in [-0.4, -0.2) is 26.0 Å². The minimum absolute atomic E-state index is 0.0447. The molecule has 18 heavy (non-hydrogen) atoms. The van der Waals surface area contributed by atoms with Crippen molar-refractivity contribution >= 4 is 24.1 Å². The Morgan fingerprint density at radius 3 is 2.67 bits per heavy atom. The summed E-state index contributed by atoms with van der Waals surface area (Å²) in [4.78, 5) is 10.0. The van der Waals surface area contributed by atoms with Crippen LogP contribution in [0.4, 0.5) is 5.69 Å². The average molecular weight is 263 g/mol. The number of aryl methyl sites for hydroxylation is 1. The van der Waals surface area contributed by atoms with E-state index in [1.54, 1.807) is 25.3 Å². The van der Waals surface area contributed by atoms with E-state index in [0.29, 0.717) is 10.6 Å². The first kappa shape index (κ1) is 12.1. The van der Waals surface area contributed by atoms with E-state index in [0.717, 1.165) is 5.56 Å². The number of aromatic nitrogens is 3. The summed E-state index contributed by atoms with van der Waals surface area (Å²) in [6.07, 6.45) is 1.56. The Balaban J connectivity index is 2.24. The van der Waals surface area contributed by atoms with Gasteiger partial charge in [0.15, 0.2) is 0 Å². The molecule has 1 heterocycles. The molecule has 1 N–H and O–H groups in total. The molecule has 0 bridgehead atoms. The minimum Gasteiger partial charge on any atom is -0.258 e. The van der Waals surface area contributed by atoms with Gasteiger partial charge >= 0.3 is 0 Å². The molecule has 8 heteroatoms. The number of hydrogen-bond donors (Lipinski definition) is 1.